The molecule has 0 radical (unpaired) electrons. The molecule has 0 amide bonds. The third-order valence-electron chi connectivity index (χ3n) is 5.89. The standard InChI is InChI=1S/C29H35N5O/c1-19(2)27-12-24(25-16-31-34(6)17-25)13-29(33-27)35-18-23-9-7-8-22(11-23)15-30-26-10-21(5)32-28(14-26)20(3)4/h7-14,16-17,19-20H,15,18H2,1-6H3,(H,30,32). The molecule has 0 bridgehead atoms. The predicted molar refractivity (Wildman–Crippen MR) is 142 cm³/mol. The summed E-state index contributed by atoms with van der Waals surface area (Å²) < 4.78 is 7.97. The van der Waals surface area contributed by atoms with Gasteiger partial charge in [-0.15, -0.1) is 0 Å². The first kappa shape index (κ1) is 24.5. The first-order chi connectivity index (χ1) is 16.8. The van der Waals surface area contributed by atoms with Crippen LogP contribution in [0.3, 0.4) is 0 Å². The average Bonchev–Trinajstić information content (AvgIpc) is 3.27. The number of ether oxygens (including phenoxy) is 1. The van der Waals surface area contributed by atoms with E-state index < -0.39 is 0 Å². The number of hydrogen-bond acceptors (Lipinski definition) is 5. The molecule has 1 aromatic carbocycles. The molecule has 0 spiro atoms. The Bertz CT molecular complexity index is 1290. The highest BCUT2D eigenvalue weighted by molar-refractivity contribution is 5.63. The van der Waals surface area contributed by atoms with Gasteiger partial charge >= 0.3 is 0 Å². The van der Waals surface area contributed by atoms with Gasteiger partial charge in [-0.1, -0.05) is 52.0 Å². The molecule has 0 fully saturated rings. The highest BCUT2D eigenvalue weighted by atomic mass is 16.5. The summed E-state index contributed by atoms with van der Waals surface area (Å²) in [6.07, 6.45) is 3.88. The minimum absolute atomic E-state index is 0.302. The number of benzene rings is 1. The van der Waals surface area contributed by atoms with E-state index in [1.807, 2.05) is 37.1 Å². The SMILES string of the molecule is Cc1cc(NCc2cccc(COc3cc(-c4cnn(C)c4)cc(C(C)C)n3)c2)cc(C(C)C)n1. The zero-order chi connectivity index (χ0) is 24.9. The van der Waals surface area contributed by atoms with Crippen LogP contribution in [0.25, 0.3) is 11.1 Å². The van der Waals surface area contributed by atoms with E-state index in [1.165, 1.54) is 5.56 Å². The van der Waals surface area contributed by atoms with Gasteiger partial charge in [0.05, 0.1) is 6.20 Å². The lowest BCUT2D eigenvalue weighted by molar-refractivity contribution is 0.293. The molecular formula is C29H35N5O. The Morgan fingerprint density at radius 2 is 1.63 bits per heavy atom. The van der Waals surface area contributed by atoms with Gasteiger partial charge in [-0.3, -0.25) is 9.67 Å². The van der Waals surface area contributed by atoms with E-state index >= 15 is 0 Å². The number of anilines is 1. The summed E-state index contributed by atoms with van der Waals surface area (Å²) in [4.78, 5) is 9.37. The van der Waals surface area contributed by atoms with E-state index in [9.17, 15) is 0 Å². The highest BCUT2D eigenvalue weighted by Crippen LogP contribution is 2.27. The maximum atomic E-state index is 6.16. The lowest BCUT2D eigenvalue weighted by Gasteiger charge is -2.13. The van der Waals surface area contributed by atoms with Gasteiger partial charge in [0, 0.05) is 54.2 Å². The third kappa shape index (κ3) is 6.47. The Kier molecular flexibility index (Phi) is 7.49. The first-order valence-corrected chi connectivity index (χ1v) is 12.2. The molecule has 0 saturated carbocycles. The monoisotopic (exact) mass is 469 g/mol. The first-order valence-electron chi connectivity index (χ1n) is 12.2. The smallest absolute Gasteiger partial charge is 0.214 e. The van der Waals surface area contributed by atoms with Crippen LogP contribution in [0, 0.1) is 6.92 Å². The number of aryl methyl sites for hydroxylation is 2. The Labute approximate surface area is 208 Å². The summed E-state index contributed by atoms with van der Waals surface area (Å²) >= 11 is 0. The zero-order valence-electron chi connectivity index (χ0n) is 21.5. The van der Waals surface area contributed by atoms with E-state index in [1.54, 1.807) is 0 Å². The van der Waals surface area contributed by atoms with Gasteiger partial charge in [0.25, 0.3) is 0 Å². The van der Waals surface area contributed by atoms with Gasteiger partial charge < -0.3 is 10.1 Å². The van der Waals surface area contributed by atoms with E-state index in [0.717, 1.165) is 46.0 Å². The normalized spacial score (nSPS) is 11.3. The summed E-state index contributed by atoms with van der Waals surface area (Å²) in [5, 5.41) is 7.85. The molecule has 1 N–H and O–H groups in total. The van der Waals surface area contributed by atoms with E-state index in [0.29, 0.717) is 24.3 Å². The van der Waals surface area contributed by atoms with Gasteiger partial charge in [-0.05, 0) is 53.6 Å². The lowest BCUT2D eigenvalue weighted by atomic mass is 10.0. The van der Waals surface area contributed by atoms with Crippen LogP contribution in [-0.2, 0) is 20.2 Å². The minimum atomic E-state index is 0.302. The molecule has 4 rings (SSSR count). The van der Waals surface area contributed by atoms with Gasteiger partial charge in [-0.2, -0.15) is 5.10 Å². The molecule has 6 nitrogen and oxygen atoms in total. The van der Waals surface area contributed by atoms with E-state index in [2.05, 4.69) is 85.6 Å². The second-order valence-electron chi connectivity index (χ2n) is 9.72. The summed E-state index contributed by atoms with van der Waals surface area (Å²) in [7, 11) is 1.92. The Hall–Kier alpha value is -3.67. The van der Waals surface area contributed by atoms with Gasteiger partial charge in [-0.25, -0.2) is 4.98 Å². The van der Waals surface area contributed by atoms with Crippen LogP contribution in [0.2, 0.25) is 0 Å². The van der Waals surface area contributed by atoms with Crippen molar-refractivity contribution in [2.45, 2.75) is 59.6 Å². The Morgan fingerprint density at radius 3 is 2.34 bits per heavy atom. The quantitative estimate of drug-likeness (QED) is 0.298. The van der Waals surface area contributed by atoms with Gasteiger partial charge in [0.15, 0.2) is 0 Å². The lowest BCUT2D eigenvalue weighted by Crippen LogP contribution is -2.04. The van der Waals surface area contributed by atoms with Crippen LogP contribution in [0.4, 0.5) is 5.69 Å². The van der Waals surface area contributed by atoms with Crippen molar-refractivity contribution < 1.29 is 4.74 Å². The Balaban J connectivity index is 1.45. The number of hydrogen-bond donors (Lipinski definition) is 1. The average molecular weight is 470 g/mol. The van der Waals surface area contributed by atoms with Gasteiger partial charge in [0.2, 0.25) is 5.88 Å². The van der Waals surface area contributed by atoms with Crippen LogP contribution in [-0.4, -0.2) is 19.7 Å². The fraction of sp³-hybridized carbons (Fsp3) is 0.345. The highest BCUT2D eigenvalue weighted by Gasteiger charge is 2.11. The number of nitrogens with one attached hydrogen (secondary N) is 1. The molecule has 0 atom stereocenters. The molecule has 0 aliphatic carbocycles. The summed E-state index contributed by atoms with van der Waals surface area (Å²) in [5.41, 5.74) is 8.68. The summed E-state index contributed by atoms with van der Waals surface area (Å²) in [6, 6.07) is 16.8. The Morgan fingerprint density at radius 1 is 0.886 bits per heavy atom. The topological polar surface area (TPSA) is 64.9 Å². The van der Waals surface area contributed by atoms with Crippen LogP contribution in [0.1, 0.15) is 67.7 Å². The molecule has 0 saturated heterocycles. The number of nitrogens with zero attached hydrogens (tertiary/aromatic N) is 4. The summed E-state index contributed by atoms with van der Waals surface area (Å²) in [5.74, 6) is 1.33. The van der Waals surface area contributed by atoms with Crippen molar-refractivity contribution >= 4 is 5.69 Å². The van der Waals surface area contributed by atoms with Crippen molar-refractivity contribution in [1.82, 2.24) is 19.7 Å². The molecule has 4 aromatic rings. The second-order valence-corrected chi connectivity index (χ2v) is 9.72. The van der Waals surface area contributed by atoms with Crippen LogP contribution < -0.4 is 10.1 Å². The number of aromatic nitrogens is 4. The van der Waals surface area contributed by atoms with Crippen molar-refractivity contribution in [3.63, 3.8) is 0 Å². The van der Waals surface area contributed by atoms with Crippen molar-refractivity contribution in [1.29, 1.82) is 0 Å². The van der Waals surface area contributed by atoms with E-state index in [-0.39, 0.29) is 0 Å². The van der Waals surface area contributed by atoms with Crippen molar-refractivity contribution in [3.05, 3.63) is 89.1 Å². The maximum absolute atomic E-state index is 6.16. The second kappa shape index (κ2) is 10.7. The largest absolute Gasteiger partial charge is 0.473 e. The third-order valence-corrected chi connectivity index (χ3v) is 5.89. The molecular weight excluding hydrogens is 434 g/mol. The summed E-state index contributed by atoms with van der Waals surface area (Å²) in [6.45, 7) is 11.9. The van der Waals surface area contributed by atoms with Crippen LogP contribution >= 0.6 is 0 Å². The molecule has 3 aromatic heterocycles. The molecule has 0 aliphatic heterocycles. The van der Waals surface area contributed by atoms with Crippen molar-refractivity contribution in [2.75, 3.05) is 5.32 Å². The minimum Gasteiger partial charge on any atom is -0.473 e. The molecule has 35 heavy (non-hydrogen) atoms. The zero-order valence-corrected chi connectivity index (χ0v) is 21.5. The van der Waals surface area contributed by atoms with Crippen LogP contribution in [0.15, 0.2) is 60.9 Å². The molecule has 3 heterocycles. The van der Waals surface area contributed by atoms with Crippen molar-refractivity contribution in [2.24, 2.45) is 7.05 Å². The van der Waals surface area contributed by atoms with Crippen LogP contribution in [0.5, 0.6) is 5.88 Å². The predicted octanol–water partition coefficient (Wildman–Crippen LogP) is 6.62. The number of rotatable bonds is 9. The molecule has 182 valence electrons. The molecule has 0 aliphatic rings. The van der Waals surface area contributed by atoms with Crippen molar-refractivity contribution in [3.8, 4) is 17.0 Å². The fourth-order valence-corrected chi connectivity index (χ4v) is 3.92. The maximum Gasteiger partial charge on any atom is 0.214 e. The fourth-order valence-electron chi connectivity index (χ4n) is 3.92. The number of pyridine rings is 2. The molecule has 6 heteroatoms. The van der Waals surface area contributed by atoms with E-state index in [4.69, 9.17) is 9.72 Å². The van der Waals surface area contributed by atoms with Gasteiger partial charge in [0.1, 0.15) is 6.61 Å². The molecule has 0 unspecified atom stereocenters.